The van der Waals surface area contributed by atoms with Crippen molar-refractivity contribution in [2.45, 2.75) is 51.5 Å². The number of aryl methyl sites for hydroxylation is 1. The molecule has 0 amide bonds. The van der Waals surface area contributed by atoms with Crippen LogP contribution in [0.4, 0.5) is 5.69 Å². The third-order valence-electron chi connectivity index (χ3n) is 4.90. The molecule has 24 heavy (non-hydrogen) atoms. The van der Waals surface area contributed by atoms with E-state index in [4.69, 9.17) is 4.99 Å². The maximum atomic E-state index is 4.77. The number of aromatic nitrogens is 2. The van der Waals surface area contributed by atoms with E-state index in [1.54, 1.807) is 0 Å². The second-order valence-corrected chi connectivity index (χ2v) is 7.15. The van der Waals surface area contributed by atoms with Gasteiger partial charge in [-0.2, -0.15) is 5.10 Å². The van der Waals surface area contributed by atoms with E-state index >= 15 is 0 Å². The first kappa shape index (κ1) is 17.1. The molecule has 1 aliphatic carbocycles. The molecule has 1 aromatic rings. The zero-order chi connectivity index (χ0) is 16.8. The Balaban J connectivity index is 1.49. The van der Waals surface area contributed by atoms with Gasteiger partial charge in [0.05, 0.1) is 11.9 Å². The van der Waals surface area contributed by atoms with Crippen LogP contribution in [-0.4, -0.2) is 48.0 Å². The molecule has 1 saturated carbocycles. The summed E-state index contributed by atoms with van der Waals surface area (Å²) in [5, 5.41) is 11.3. The first-order valence-corrected chi connectivity index (χ1v) is 9.53. The summed E-state index contributed by atoms with van der Waals surface area (Å²) in [5.41, 5.74) is 1.22. The molecular formula is C18H32N6. The minimum Gasteiger partial charge on any atom is -0.367 e. The predicted molar refractivity (Wildman–Crippen MR) is 99.5 cm³/mol. The van der Waals surface area contributed by atoms with Crippen molar-refractivity contribution in [1.82, 2.24) is 20.4 Å². The fourth-order valence-electron chi connectivity index (χ4n) is 3.39. The van der Waals surface area contributed by atoms with Gasteiger partial charge in [-0.3, -0.25) is 9.67 Å². The van der Waals surface area contributed by atoms with Crippen LogP contribution in [0.25, 0.3) is 0 Å². The average molecular weight is 332 g/mol. The lowest BCUT2D eigenvalue weighted by Gasteiger charge is -2.34. The Morgan fingerprint density at radius 2 is 2.25 bits per heavy atom. The predicted octanol–water partition coefficient (Wildman–Crippen LogP) is 2.13. The number of nitrogens with zero attached hydrogens (tertiary/aromatic N) is 4. The number of piperidine rings is 1. The molecule has 1 aliphatic heterocycles. The van der Waals surface area contributed by atoms with E-state index in [1.807, 2.05) is 17.9 Å². The standard InChI is InChI=1S/C18H32N6/c1-3-19-18(20-10-4-6-15-8-9-15)22-16-7-5-11-24(13-16)17-12-21-23(2)14-17/h12,14-16H,3-11,13H2,1-2H3,(H2,19,20,22). The van der Waals surface area contributed by atoms with Gasteiger partial charge in [-0.15, -0.1) is 0 Å². The van der Waals surface area contributed by atoms with Gasteiger partial charge in [0.25, 0.3) is 0 Å². The van der Waals surface area contributed by atoms with Gasteiger partial charge in [0, 0.05) is 45.5 Å². The third-order valence-corrected chi connectivity index (χ3v) is 4.90. The molecule has 2 fully saturated rings. The quantitative estimate of drug-likeness (QED) is 0.456. The smallest absolute Gasteiger partial charge is 0.191 e. The molecule has 2 aliphatic rings. The van der Waals surface area contributed by atoms with Crippen LogP contribution in [0, 0.1) is 5.92 Å². The van der Waals surface area contributed by atoms with Crippen LogP contribution >= 0.6 is 0 Å². The van der Waals surface area contributed by atoms with Gasteiger partial charge in [0.2, 0.25) is 0 Å². The Labute approximate surface area is 145 Å². The van der Waals surface area contributed by atoms with Crippen LogP contribution in [0.3, 0.4) is 0 Å². The number of rotatable bonds is 7. The van der Waals surface area contributed by atoms with E-state index in [0.717, 1.165) is 38.1 Å². The molecule has 0 radical (unpaired) electrons. The first-order valence-electron chi connectivity index (χ1n) is 9.53. The highest BCUT2D eigenvalue weighted by Crippen LogP contribution is 2.33. The van der Waals surface area contributed by atoms with Gasteiger partial charge in [-0.05, 0) is 38.5 Å². The molecule has 3 rings (SSSR count). The summed E-state index contributed by atoms with van der Waals surface area (Å²) in [4.78, 5) is 7.19. The first-order chi connectivity index (χ1) is 11.7. The fourth-order valence-corrected chi connectivity index (χ4v) is 3.39. The largest absolute Gasteiger partial charge is 0.367 e. The minimum atomic E-state index is 0.445. The highest BCUT2D eigenvalue weighted by molar-refractivity contribution is 5.80. The van der Waals surface area contributed by atoms with Crippen LogP contribution < -0.4 is 15.5 Å². The van der Waals surface area contributed by atoms with Crippen LogP contribution in [0.2, 0.25) is 0 Å². The second-order valence-electron chi connectivity index (χ2n) is 7.15. The topological polar surface area (TPSA) is 57.5 Å². The average Bonchev–Trinajstić information content (AvgIpc) is 3.31. The number of aliphatic imine (C=N–C) groups is 1. The summed E-state index contributed by atoms with van der Waals surface area (Å²) in [5.74, 6) is 1.98. The number of hydrogen-bond acceptors (Lipinski definition) is 3. The highest BCUT2D eigenvalue weighted by atomic mass is 15.3. The SMILES string of the molecule is CCNC(=NCCCC1CC1)NC1CCCN(c2cnn(C)c2)C1. The van der Waals surface area contributed by atoms with Crippen molar-refractivity contribution in [3.8, 4) is 0 Å². The summed E-state index contributed by atoms with van der Waals surface area (Å²) in [6, 6.07) is 0.445. The van der Waals surface area contributed by atoms with Crippen LogP contribution in [-0.2, 0) is 7.05 Å². The van der Waals surface area contributed by atoms with Crippen molar-refractivity contribution in [2.24, 2.45) is 18.0 Å². The van der Waals surface area contributed by atoms with Gasteiger partial charge in [-0.25, -0.2) is 0 Å². The Kier molecular flexibility index (Phi) is 5.99. The van der Waals surface area contributed by atoms with E-state index in [2.05, 4.69) is 33.8 Å². The van der Waals surface area contributed by atoms with E-state index in [0.29, 0.717) is 6.04 Å². The van der Waals surface area contributed by atoms with Gasteiger partial charge in [0.1, 0.15) is 0 Å². The van der Waals surface area contributed by atoms with Gasteiger partial charge in [-0.1, -0.05) is 12.8 Å². The molecule has 0 bridgehead atoms. The third kappa shape index (κ3) is 5.14. The second kappa shape index (κ2) is 8.40. The molecule has 1 aromatic heterocycles. The van der Waals surface area contributed by atoms with Gasteiger partial charge >= 0.3 is 0 Å². The summed E-state index contributed by atoms with van der Waals surface area (Å²) in [6.07, 6.45) is 11.9. The fraction of sp³-hybridized carbons (Fsp3) is 0.778. The molecule has 1 unspecified atom stereocenters. The maximum Gasteiger partial charge on any atom is 0.191 e. The van der Waals surface area contributed by atoms with E-state index in [1.165, 1.54) is 44.2 Å². The Morgan fingerprint density at radius 3 is 2.96 bits per heavy atom. The van der Waals surface area contributed by atoms with Crippen molar-refractivity contribution in [3.05, 3.63) is 12.4 Å². The lowest BCUT2D eigenvalue weighted by Crippen LogP contribution is -2.51. The van der Waals surface area contributed by atoms with Crippen LogP contribution in [0.1, 0.15) is 45.4 Å². The van der Waals surface area contributed by atoms with Crippen molar-refractivity contribution in [2.75, 3.05) is 31.1 Å². The molecule has 1 saturated heterocycles. The zero-order valence-electron chi connectivity index (χ0n) is 15.2. The van der Waals surface area contributed by atoms with Gasteiger partial charge < -0.3 is 15.5 Å². The van der Waals surface area contributed by atoms with E-state index in [9.17, 15) is 0 Å². The van der Waals surface area contributed by atoms with E-state index < -0.39 is 0 Å². The Bertz CT molecular complexity index is 533. The Morgan fingerprint density at radius 1 is 1.38 bits per heavy atom. The summed E-state index contributed by atoms with van der Waals surface area (Å²) >= 11 is 0. The van der Waals surface area contributed by atoms with Crippen LogP contribution in [0.5, 0.6) is 0 Å². The van der Waals surface area contributed by atoms with Crippen LogP contribution in [0.15, 0.2) is 17.4 Å². The number of anilines is 1. The molecule has 0 aromatic carbocycles. The number of guanidine groups is 1. The van der Waals surface area contributed by atoms with Crippen molar-refractivity contribution >= 4 is 11.6 Å². The van der Waals surface area contributed by atoms with E-state index in [-0.39, 0.29) is 0 Å². The van der Waals surface area contributed by atoms with Crippen molar-refractivity contribution < 1.29 is 0 Å². The lowest BCUT2D eigenvalue weighted by atomic mass is 10.1. The van der Waals surface area contributed by atoms with Gasteiger partial charge in [0.15, 0.2) is 5.96 Å². The molecule has 2 N–H and O–H groups in total. The molecular weight excluding hydrogens is 300 g/mol. The summed E-state index contributed by atoms with van der Waals surface area (Å²) < 4.78 is 1.87. The highest BCUT2D eigenvalue weighted by Gasteiger charge is 2.22. The normalized spacial score (nSPS) is 21.8. The van der Waals surface area contributed by atoms with Crippen molar-refractivity contribution in [1.29, 1.82) is 0 Å². The minimum absolute atomic E-state index is 0.445. The monoisotopic (exact) mass is 332 g/mol. The Hall–Kier alpha value is -1.72. The summed E-state index contributed by atoms with van der Waals surface area (Å²) in [7, 11) is 1.97. The maximum absolute atomic E-state index is 4.77. The molecule has 0 spiro atoms. The lowest BCUT2D eigenvalue weighted by molar-refractivity contribution is 0.468. The molecule has 134 valence electrons. The summed E-state index contributed by atoms with van der Waals surface area (Å²) in [6.45, 7) is 6.10. The molecule has 2 heterocycles. The molecule has 1 atom stereocenters. The zero-order valence-corrected chi connectivity index (χ0v) is 15.2. The molecule has 6 heteroatoms. The molecule has 6 nitrogen and oxygen atoms in total. The number of nitrogens with one attached hydrogen (secondary N) is 2. The number of hydrogen-bond donors (Lipinski definition) is 2. The van der Waals surface area contributed by atoms with Crippen molar-refractivity contribution in [3.63, 3.8) is 0 Å².